The van der Waals surface area contributed by atoms with E-state index in [1.165, 1.54) is 44.3 Å². The summed E-state index contributed by atoms with van der Waals surface area (Å²) < 4.78 is 6.51. The van der Waals surface area contributed by atoms with E-state index in [1.807, 2.05) is 36.0 Å². The van der Waals surface area contributed by atoms with Gasteiger partial charge in [-0.05, 0) is 73.4 Å². The number of thioether (sulfide) groups is 1. The van der Waals surface area contributed by atoms with Gasteiger partial charge in [-0.2, -0.15) is 0 Å². The number of anilines is 3. The van der Waals surface area contributed by atoms with Crippen LogP contribution in [0.2, 0.25) is 0 Å². The molecule has 5 nitrogen and oxygen atoms in total. The number of carbonyl (C=O) groups is 1. The van der Waals surface area contributed by atoms with Crippen LogP contribution < -0.4 is 15.0 Å². The number of piperidine rings is 1. The fourth-order valence-electron chi connectivity index (χ4n) is 6.92. The summed E-state index contributed by atoms with van der Waals surface area (Å²) in [7, 11) is 0. The first kappa shape index (κ1) is 23.9. The average molecular weight is 524 g/mol. The number of rotatable bonds is 5. The van der Waals surface area contributed by atoms with E-state index in [0.29, 0.717) is 18.1 Å². The number of carbonyl (C=O) groups excluding carboxylic acids is 1. The first-order valence-corrected chi connectivity index (χ1v) is 14.7. The zero-order chi connectivity index (χ0) is 25.6. The van der Waals surface area contributed by atoms with Crippen molar-refractivity contribution < 1.29 is 9.53 Å². The number of hydrogen-bond acceptors (Lipinski definition) is 5. The normalized spacial score (nSPS) is 25.6. The SMILES string of the molecule is CC(=O)Nc1ccccc1-c1ccc2c(c1)Oc1ccccc1N2C1C[C@H]2CC[C@@H](C1)N2CC1CC=CS1. The number of nitrogens with one attached hydrogen (secondary N) is 1. The van der Waals surface area contributed by atoms with Crippen LogP contribution in [0.25, 0.3) is 11.1 Å². The molecular formula is C32H33N3O2S. The van der Waals surface area contributed by atoms with Crippen LogP contribution >= 0.6 is 11.8 Å². The standard InChI is InChI=1S/C32H33N3O2S/c1-21(36)33-28-9-3-2-8-27(28)22-12-15-30-32(17-22)37-31-11-5-4-10-29(31)35(30)25-18-23-13-14-24(19-25)34(23)20-26-7-6-16-38-26/h2-6,8-12,15-17,23-26H,7,13-14,18-20H2,1H3,(H,33,36)/t23-,24+,25?,26?. The fourth-order valence-corrected chi connectivity index (χ4v) is 7.84. The molecule has 0 saturated carbocycles. The Balaban J connectivity index is 1.21. The highest BCUT2D eigenvalue weighted by Gasteiger charge is 2.44. The molecule has 38 heavy (non-hydrogen) atoms. The van der Waals surface area contributed by atoms with Crippen molar-refractivity contribution in [3.05, 3.63) is 78.2 Å². The zero-order valence-corrected chi connectivity index (χ0v) is 22.5. The van der Waals surface area contributed by atoms with Crippen molar-refractivity contribution in [2.24, 2.45) is 0 Å². The summed E-state index contributed by atoms with van der Waals surface area (Å²) in [5, 5.41) is 5.98. The molecule has 2 bridgehead atoms. The van der Waals surface area contributed by atoms with Gasteiger partial charge in [0.1, 0.15) is 0 Å². The van der Waals surface area contributed by atoms with Crippen LogP contribution in [0.3, 0.4) is 0 Å². The smallest absolute Gasteiger partial charge is 0.221 e. The van der Waals surface area contributed by atoms with E-state index in [0.717, 1.165) is 39.3 Å². The van der Waals surface area contributed by atoms with Gasteiger partial charge in [0.2, 0.25) is 5.91 Å². The quantitative estimate of drug-likeness (QED) is 0.374. The Bertz CT molecular complexity index is 1380. The largest absolute Gasteiger partial charge is 0.453 e. The van der Waals surface area contributed by atoms with Crippen molar-refractivity contribution in [3.8, 4) is 22.6 Å². The van der Waals surface area contributed by atoms with E-state index in [2.05, 4.69) is 69.1 Å². The number of amides is 1. The molecule has 0 spiro atoms. The van der Waals surface area contributed by atoms with E-state index in [4.69, 9.17) is 4.74 Å². The average Bonchev–Trinajstić information content (AvgIpc) is 3.51. The number of nitrogens with zero attached hydrogens (tertiary/aromatic N) is 2. The number of ether oxygens (including phenoxy) is 1. The molecule has 4 atom stereocenters. The first-order valence-electron chi connectivity index (χ1n) is 13.8. The number of para-hydroxylation sites is 3. The molecule has 2 saturated heterocycles. The molecule has 2 fully saturated rings. The summed E-state index contributed by atoms with van der Waals surface area (Å²) in [6, 6.07) is 24.7. The molecule has 4 aliphatic rings. The maximum Gasteiger partial charge on any atom is 0.221 e. The van der Waals surface area contributed by atoms with Crippen molar-refractivity contribution in [3.63, 3.8) is 0 Å². The molecule has 4 aliphatic heterocycles. The van der Waals surface area contributed by atoms with Gasteiger partial charge in [0.05, 0.1) is 11.4 Å². The lowest BCUT2D eigenvalue weighted by Gasteiger charge is -2.46. The third-order valence-corrected chi connectivity index (χ3v) is 9.59. The van der Waals surface area contributed by atoms with Crippen LogP contribution in [-0.2, 0) is 4.79 Å². The van der Waals surface area contributed by atoms with Crippen LogP contribution in [-0.4, -0.2) is 40.7 Å². The molecule has 3 aromatic carbocycles. The molecule has 7 rings (SSSR count). The third-order valence-electron chi connectivity index (χ3n) is 8.52. The molecule has 2 unspecified atom stereocenters. The predicted molar refractivity (Wildman–Crippen MR) is 157 cm³/mol. The van der Waals surface area contributed by atoms with Gasteiger partial charge in [0.15, 0.2) is 11.5 Å². The number of allylic oxidation sites excluding steroid dienone is 1. The van der Waals surface area contributed by atoms with Gasteiger partial charge in [-0.1, -0.05) is 42.5 Å². The third kappa shape index (κ3) is 4.30. The molecule has 4 heterocycles. The Kier molecular flexibility index (Phi) is 6.17. The van der Waals surface area contributed by atoms with Gasteiger partial charge in [-0.15, -0.1) is 11.8 Å². The topological polar surface area (TPSA) is 44.8 Å². The highest BCUT2D eigenvalue weighted by Crippen LogP contribution is 2.52. The minimum atomic E-state index is -0.0736. The minimum absolute atomic E-state index is 0.0736. The number of hydrogen-bond donors (Lipinski definition) is 1. The Morgan fingerprint density at radius 1 is 0.947 bits per heavy atom. The molecular weight excluding hydrogens is 490 g/mol. The van der Waals surface area contributed by atoms with Crippen molar-refractivity contribution >= 4 is 34.7 Å². The highest BCUT2D eigenvalue weighted by molar-refractivity contribution is 8.03. The molecule has 1 amide bonds. The summed E-state index contributed by atoms with van der Waals surface area (Å²) in [5.41, 5.74) is 5.14. The van der Waals surface area contributed by atoms with Crippen molar-refractivity contribution in [1.29, 1.82) is 0 Å². The van der Waals surface area contributed by atoms with Gasteiger partial charge in [0, 0.05) is 48.1 Å². The second-order valence-electron chi connectivity index (χ2n) is 10.9. The van der Waals surface area contributed by atoms with E-state index in [-0.39, 0.29) is 5.91 Å². The highest BCUT2D eigenvalue weighted by atomic mass is 32.2. The molecule has 194 valence electrons. The van der Waals surface area contributed by atoms with Crippen LogP contribution in [0.5, 0.6) is 11.5 Å². The minimum Gasteiger partial charge on any atom is -0.453 e. The predicted octanol–water partition coefficient (Wildman–Crippen LogP) is 7.57. The summed E-state index contributed by atoms with van der Waals surface area (Å²) in [6.07, 6.45) is 8.52. The molecule has 6 heteroatoms. The Hall–Kier alpha value is -3.22. The Morgan fingerprint density at radius 3 is 2.50 bits per heavy atom. The summed E-state index contributed by atoms with van der Waals surface area (Å²) in [4.78, 5) is 17.2. The lowest BCUT2D eigenvalue weighted by molar-refractivity contribution is -0.114. The summed E-state index contributed by atoms with van der Waals surface area (Å²) >= 11 is 2.01. The maximum atomic E-state index is 11.8. The van der Waals surface area contributed by atoms with E-state index in [1.54, 1.807) is 6.92 Å². The van der Waals surface area contributed by atoms with Gasteiger partial charge in [0.25, 0.3) is 0 Å². The van der Waals surface area contributed by atoms with E-state index in [9.17, 15) is 4.79 Å². The Labute approximate surface area is 228 Å². The second-order valence-corrected chi connectivity index (χ2v) is 12.1. The Morgan fingerprint density at radius 2 is 1.71 bits per heavy atom. The number of benzene rings is 3. The van der Waals surface area contributed by atoms with Crippen molar-refractivity contribution in [1.82, 2.24) is 4.90 Å². The van der Waals surface area contributed by atoms with Crippen molar-refractivity contribution in [2.45, 2.75) is 62.4 Å². The molecule has 0 aliphatic carbocycles. The number of fused-ring (bicyclic) bond motifs is 4. The van der Waals surface area contributed by atoms with E-state index >= 15 is 0 Å². The van der Waals surface area contributed by atoms with Crippen LogP contribution in [0, 0.1) is 0 Å². The molecule has 0 aromatic heterocycles. The maximum absolute atomic E-state index is 11.8. The van der Waals surface area contributed by atoms with Gasteiger partial charge < -0.3 is 15.0 Å². The van der Waals surface area contributed by atoms with Crippen LogP contribution in [0.15, 0.2) is 78.2 Å². The van der Waals surface area contributed by atoms with Gasteiger partial charge in [-0.25, -0.2) is 0 Å². The lowest BCUT2D eigenvalue weighted by atomic mass is 9.93. The van der Waals surface area contributed by atoms with Crippen LogP contribution in [0.1, 0.15) is 39.0 Å². The van der Waals surface area contributed by atoms with Gasteiger partial charge in [-0.3, -0.25) is 9.69 Å². The van der Waals surface area contributed by atoms with Gasteiger partial charge >= 0.3 is 0 Å². The van der Waals surface area contributed by atoms with Crippen LogP contribution in [0.4, 0.5) is 17.1 Å². The molecule has 3 aromatic rings. The van der Waals surface area contributed by atoms with Crippen molar-refractivity contribution in [2.75, 3.05) is 16.8 Å². The zero-order valence-electron chi connectivity index (χ0n) is 21.7. The summed E-state index contributed by atoms with van der Waals surface area (Å²) in [5.74, 6) is 1.72. The lowest BCUT2D eigenvalue weighted by Crippen LogP contribution is -2.51. The first-order chi connectivity index (χ1) is 18.6. The second kappa shape index (κ2) is 9.83. The molecule has 1 N–H and O–H groups in total. The summed E-state index contributed by atoms with van der Waals surface area (Å²) in [6.45, 7) is 2.76. The monoisotopic (exact) mass is 523 g/mol. The van der Waals surface area contributed by atoms with E-state index < -0.39 is 0 Å². The molecule has 0 radical (unpaired) electrons. The fraction of sp³-hybridized carbons (Fsp3) is 0.344.